The van der Waals surface area contributed by atoms with E-state index in [9.17, 15) is 9.59 Å². The van der Waals surface area contributed by atoms with E-state index >= 15 is 0 Å². The van der Waals surface area contributed by atoms with Gasteiger partial charge in [-0.05, 0) is 48.4 Å². The molecule has 0 heterocycles. The van der Waals surface area contributed by atoms with Gasteiger partial charge >= 0.3 is 0 Å². The molecule has 1 fully saturated rings. The van der Waals surface area contributed by atoms with Crippen molar-refractivity contribution in [2.75, 3.05) is 6.61 Å². The molecule has 0 unspecified atom stereocenters. The van der Waals surface area contributed by atoms with Gasteiger partial charge in [0.2, 0.25) is 5.91 Å². The van der Waals surface area contributed by atoms with Crippen LogP contribution in [0.15, 0.2) is 60.7 Å². The highest BCUT2D eigenvalue weighted by molar-refractivity contribution is 6.42. The van der Waals surface area contributed by atoms with Crippen LogP contribution >= 0.6 is 23.2 Å². The Morgan fingerprint density at radius 2 is 1.75 bits per heavy atom. The Bertz CT molecular complexity index is 1200. The van der Waals surface area contributed by atoms with Crippen LogP contribution in [0.4, 0.5) is 0 Å². The molecule has 1 aliphatic carbocycles. The second-order valence-corrected chi connectivity index (χ2v) is 10.1. The van der Waals surface area contributed by atoms with Crippen LogP contribution in [0.3, 0.4) is 0 Å². The Labute approximate surface area is 222 Å². The molecule has 0 aromatic heterocycles. The third kappa shape index (κ3) is 6.51. The second-order valence-electron chi connectivity index (χ2n) is 9.30. The molecular weight excluding hydrogens is 495 g/mol. The van der Waals surface area contributed by atoms with E-state index in [0.29, 0.717) is 22.2 Å². The van der Waals surface area contributed by atoms with E-state index in [-0.39, 0.29) is 31.0 Å². The quantitative estimate of drug-likeness (QED) is 0.334. The third-order valence-corrected chi connectivity index (χ3v) is 7.51. The summed E-state index contributed by atoms with van der Waals surface area (Å²) in [5.41, 5.74) is 0.798. The van der Waals surface area contributed by atoms with Crippen molar-refractivity contribution in [3.8, 4) is 5.75 Å². The van der Waals surface area contributed by atoms with Crippen molar-refractivity contribution < 1.29 is 14.3 Å². The lowest BCUT2D eigenvalue weighted by molar-refractivity contribution is -0.143. The van der Waals surface area contributed by atoms with Gasteiger partial charge in [0, 0.05) is 18.0 Å². The van der Waals surface area contributed by atoms with E-state index in [1.54, 1.807) is 17.0 Å². The minimum atomic E-state index is -0.620. The zero-order valence-electron chi connectivity index (χ0n) is 20.5. The van der Waals surface area contributed by atoms with Gasteiger partial charge in [0.15, 0.2) is 6.61 Å². The van der Waals surface area contributed by atoms with E-state index in [0.717, 1.165) is 42.0 Å². The number of amides is 2. The van der Waals surface area contributed by atoms with Crippen molar-refractivity contribution in [1.82, 2.24) is 10.2 Å². The summed E-state index contributed by atoms with van der Waals surface area (Å²) in [6.45, 7) is 1.97. The van der Waals surface area contributed by atoms with E-state index in [1.807, 2.05) is 55.5 Å². The molecular formula is C29H32Cl2N2O3. The highest BCUT2D eigenvalue weighted by Gasteiger charge is 2.30. The predicted octanol–water partition coefficient (Wildman–Crippen LogP) is 6.78. The van der Waals surface area contributed by atoms with E-state index in [1.165, 1.54) is 6.42 Å². The topological polar surface area (TPSA) is 58.6 Å². The summed E-state index contributed by atoms with van der Waals surface area (Å²) in [7, 11) is 0. The minimum absolute atomic E-state index is 0.122. The molecule has 0 bridgehead atoms. The normalized spacial score (nSPS) is 14.9. The SMILES string of the molecule is CC[C@H](C(=O)NC1CCCCC1)N(Cc1ccc(Cl)c(Cl)c1)C(=O)COc1cccc2ccccc12. The molecule has 2 amide bonds. The fourth-order valence-electron chi connectivity index (χ4n) is 4.84. The van der Waals surface area contributed by atoms with Gasteiger partial charge in [0.05, 0.1) is 10.0 Å². The van der Waals surface area contributed by atoms with Crippen molar-refractivity contribution in [2.45, 2.75) is 64.1 Å². The molecule has 7 heteroatoms. The maximum atomic E-state index is 13.6. The highest BCUT2D eigenvalue weighted by atomic mass is 35.5. The molecule has 3 aromatic rings. The van der Waals surface area contributed by atoms with Crippen LogP contribution in [0.25, 0.3) is 10.8 Å². The van der Waals surface area contributed by atoms with Gasteiger partial charge in [-0.1, -0.05) is 91.9 Å². The van der Waals surface area contributed by atoms with E-state index in [4.69, 9.17) is 27.9 Å². The number of fused-ring (bicyclic) bond motifs is 1. The molecule has 1 atom stereocenters. The van der Waals surface area contributed by atoms with Crippen molar-refractivity contribution in [2.24, 2.45) is 0 Å². The Hall–Kier alpha value is -2.76. The largest absolute Gasteiger partial charge is 0.483 e. The average molecular weight is 527 g/mol. The lowest BCUT2D eigenvalue weighted by atomic mass is 9.95. The van der Waals surface area contributed by atoms with Crippen LogP contribution < -0.4 is 10.1 Å². The summed E-state index contributed by atoms with van der Waals surface area (Å²) in [4.78, 5) is 28.5. The summed E-state index contributed by atoms with van der Waals surface area (Å²) in [5.74, 6) is 0.248. The van der Waals surface area contributed by atoms with Crippen molar-refractivity contribution in [3.63, 3.8) is 0 Å². The summed E-state index contributed by atoms with van der Waals surface area (Å²) in [6.07, 6.45) is 5.89. The average Bonchev–Trinajstić information content (AvgIpc) is 2.89. The van der Waals surface area contributed by atoms with Gasteiger partial charge in [0.25, 0.3) is 5.91 Å². The zero-order chi connectivity index (χ0) is 25.5. The monoisotopic (exact) mass is 526 g/mol. The third-order valence-electron chi connectivity index (χ3n) is 6.78. The lowest BCUT2D eigenvalue weighted by Gasteiger charge is -2.32. The first-order chi connectivity index (χ1) is 17.5. The van der Waals surface area contributed by atoms with Crippen LogP contribution in [-0.4, -0.2) is 35.4 Å². The summed E-state index contributed by atoms with van der Waals surface area (Å²) < 4.78 is 6.00. The van der Waals surface area contributed by atoms with Gasteiger partial charge < -0.3 is 15.0 Å². The second kappa shape index (κ2) is 12.5. The van der Waals surface area contributed by atoms with Crippen LogP contribution in [-0.2, 0) is 16.1 Å². The number of carbonyl (C=O) groups excluding carboxylic acids is 2. The van der Waals surface area contributed by atoms with Gasteiger partial charge in [-0.25, -0.2) is 0 Å². The molecule has 0 spiro atoms. The number of carbonyl (C=O) groups is 2. The Morgan fingerprint density at radius 1 is 1.00 bits per heavy atom. The lowest BCUT2D eigenvalue weighted by Crippen LogP contribution is -2.52. The number of ether oxygens (including phenoxy) is 1. The zero-order valence-corrected chi connectivity index (χ0v) is 22.0. The van der Waals surface area contributed by atoms with Crippen LogP contribution in [0.1, 0.15) is 51.0 Å². The van der Waals surface area contributed by atoms with Crippen molar-refractivity contribution in [3.05, 3.63) is 76.3 Å². The first kappa shape index (κ1) is 26.3. The van der Waals surface area contributed by atoms with Crippen LogP contribution in [0.5, 0.6) is 5.75 Å². The fourth-order valence-corrected chi connectivity index (χ4v) is 5.16. The number of rotatable bonds is 9. The maximum absolute atomic E-state index is 13.6. The molecule has 3 aromatic carbocycles. The Morgan fingerprint density at radius 3 is 2.50 bits per heavy atom. The van der Waals surface area contributed by atoms with Gasteiger partial charge in [-0.3, -0.25) is 9.59 Å². The predicted molar refractivity (Wildman–Crippen MR) is 146 cm³/mol. The van der Waals surface area contributed by atoms with Gasteiger partial charge in [-0.15, -0.1) is 0 Å². The molecule has 0 aliphatic heterocycles. The number of benzene rings is 3. The molecule has 1 N–H and O–H groups in total. The number of nitrogens with one attached hydrogen (secondary N) is 1. The summed E-state index contributed by atoms with van der Waals surface area (Å²) in [6, 6.07) is 18.4. The molecule has 4 rings (SSSR count). The molecule has 1 aliphatic rings. The molecule has 0 radical (unpaired) electrons. The first-order valence-electron chi connectivity index (χ1n) is 12.6. The van der Waals surface area contributed by atoms with Crippen LogP contribution in [0.2, 0.25) is 10.0 Å². The fraction of sp³-hybridized carbons (Fsp3) is 0.379. The van der Waals surface area contributed by atoms with Crippen molar-refractivity contribution in [1.29, 1.82) is 0 Å². The highest BCUT2D eigenvalue weighted by Crippen LogP contribution is 2.27. The minimum Gasteiger partial charge on any atom is -0.483 e. The molecule has 0 saturated heterocycles. The Balaban J connectivity index is 1.55. The Kier molecular flexibility index (Phi) is 9.11. The number of nitrogens with zero attached hydrogens (tertiary/aromatic N) is 1. The number of hydrogen-bond acceptors (Lipinski definition) is 3. The van der Waals surface area contributed by atoms with Crippen molar-refractivity contribution >= 4 is 45.8 Å². The number of hydrogen-bond donors (Lipinski definition) is 1. The van der Waals surface area contributed by atoms with Crippen LogP contribution in [0, 0.1) is 0 Å². The van der Waals surface area contributed by atoms with Gasteiger partial charge in [0.1, 0.15) is 11.8 Å². The molecule has 1 saturated carbocycles. The molecule has 5 nitrogen and oxygen atoms in total. The van der Waals surface area contributed by atoms with E-state index in [2.05, 4.69) is 5.32 Å². The summed E-state index contributed by atoms with van der Waals surface area (Å²) >= 11 is 12.3. The molecule has 190 valence electrons. The van der Waals surface area contributed by atoms with E-state index < -0.39 is 6.04 Å². The summed E-state index contributed by atoms with van der Waals surface area (Å²) in [5, 5.41) is 6.01. The molecule has 36 heavy (non-hydrogen) atoms. The smallest absolute Gasteiger partial charge is 0.261 e. The first-order valence-corrected chi connectivity index (χ1v) is 13.4. The number of halogens is 2. The van der Waals surface area contributed by atoms with Gasteiger partial charge in [-0.2, -0.15) is 0 Å². The maximum Gasteiger partial charge on any atom is 0.261 e. The standard InChI is InChI=1S/C29H32Cl2N2O3/c1-2-26(29(35)32-22-11-4-3-5-12-22)33(18-20-15-16-24(30)25(31)17-20)28(34)19-36-27-14-8-10-21-9-6-7-13-23(21)27/h6-10,13-17,22,26H,2-5,11-12,18-19H2,1H3,(H,32,35)/t26-/m1/s1.